The van der Waals surface area contributed by atoms with Crippen LogP contribution in [0.15, 0.2) is 41.2 Å². The minimum Gasteiger partial charge on any atom is -0.350 e. The molecular weight excluding hydrogens is 314 g/mol. The second-order valence-corrected chi connectivity index (χ2v) is 6.00. The quantitative estimate of drug-likeness (QED) is 0.883. The number of nitrogens with zero attached hydrogens (tertiary/aromatic N) is 1. The summed E-state index contributed by atoms with van der Waals surface area (Å²) in [4.78, 5) is 28.7. The van der Waals surface area contributed by atoms with Crippen molar-refractivity contribution in [2.75, 3.05) is 20.6 Å². The molecule has 2 aromatic rings. The fourth-order valence-corrected chi connectivity index (χ4v) is 2.61. The van der Waals surface area contributed by atoms with Crippen molar-refractivity contribution >= 4 is 17.5 Å². The van der Waals surface area contributed by atoms with Gasteiger partial charge in [0.05, 0.1) is 6.04 Å². The smallest absolute Gasteiger partial charge is 0.260 e. The molecule has 0 saturated heterocycles. The van der Waals surface area contributed by atoms with Crippen LogP contribution in [-0.2, 0) is 0 Å². The second-order valence-electron chi connectivity index (χ2n) is 5.60. The van der Waals surface area contributed by atoms with Gasteiger partial charge in [-0.1, -0.05) is 29.8 Å². The largest absolute Gasteiger partial charge is 0.350 e. The van der Waals surface area contributed by atoms with Gasteiger partial charge in [0.15, 0.2) is 0 Å². The predicted octanol–water partition coefficient (Wildman–Crippen LogP) is 2.37. The van der Waals surface area contributed by atoms with Gasteiger partial charge in [0.2, 0.25) is 0 Å². The maximum atomic E-state index is 12.2. The van der Waals surface area contributed by atoms with E-state index in [0.29, 0.717) is 17.3 Å². The number of hydrogen-bond acceptors (Lipinski definition) is 3. The number of rotatable bonds is 5. The van der Waals surface area contributed by atoms with Gasteiger partial charge in [-0.25, -0.2) is 0 Å². The van der Waals surface area contributed by atoms with E-state index in [-0.39, 0.29) is 17.2 Å². The number of hydrogen-bond donors (Lipinski definition) is 2. The summed E-state index contributed by atoms with van der Waals surface area (Å²) in [5.74, 6) is -0.398. The molecule has 0 unspecified atom stereocenters. The zero-order chi connectivity index (χ0) is 17.0. The van der Waals surface area contributed by atoms with E-state index in [1.54, 1.807) is 13.0 Å². The van der Waals surface area contributed by atoms with Gasteiger partial charge in [0, 0.05) is 17.3 Å². The molecule has 0 spiro atoms. The Hall–Kier alpha value is -2.11. The van der Waals surface area contributed by atoms with Crippen molar-refractivity contribution in [2.24, 2.45) is 0 Å². The van der Waals surface area contributed by atoms with Crippen molar-refractivity contribution in [3.05, 3.63) is 68.6 Å². The van der Waals surface area contributed by atoms with E-state index in [4.69, 9.17) is 11.6 Å². The van der Waals surface area contributed by atoms with Crippen LogP contribution >= 0.6 is 11.6 Å². The summed E-state index contributed by atoms with van der Waals surface area (Å²) in [5, 5.41) is 3.45. The highest BCUT2D eigenvalue weighted by Gasteiger charge is 2.19. The first-order valence-electron chi connectivity index (χ1n) is 7.29. The summed E-state index contributed by atoms with van der Waals surface area (Å²) >= 11 is 6.24. The van der Waals surface area contributed by atoms with Gasteiger partial charge >= 0.3 is 0 Å². The van der Waals surface area contributed by atoms with Crippen molar-refractivity contribution < 1.29 is 4.79 Å². The number of aryl methyl sites for hydroxylation is 1. The molecule has 0 fully saturated rings. The first kappa shape index (κ1) is 17.2. The van der Waals surface area contributed by atoms with Gasteiger partial charge in [-0.3, -0.25) is 9.59 Å². The number of benzene rings is 1. The molecule has 0 aliphatic heterocycles. The third-order valence-electron chi connectivity index (χ3n) is 3.64. The van der Waals surface area contributed by atoms with Crippen LogP contribution in [0.1, 0.15) is 27.7 Å². The predicted molar refractivity (Wildman–Crippen MR) is 92.0 cm³/mol. The fraction of sp³-hybridized carbons (Fsp3) is 0.294. The molecular formula is C17H20ClN3O2. The monoisotopic (exact) mass is 333 g/mol. The van der Waals surface area contributed by atoms with Crippen LogP contribution in [0.3, 0.4) is 0 Å². The minimum absolute atomic E-state index is 0.0859. The maximum absolute atomic E-state index is 12.2. The molecule has 1 amide bonds. The Bertz CT molecular complexity index is 755. The number of amides is 1. The van der Waals surface area contributed by atoms with Crippen molar-refractivity contribution in [1.82, 2.24) is 15.2 Å². The lowest BCUT2D eigenvalue weighted by molar-refractivity contribution is 0.0940. The molecule has 0 saturated carbocycles. The van der Waals surface area contributed by atoms with E-state index >= 15 is 0 Å². The standard InChI is InChI=1S/C17H20ClN3O2/c1-11-8-9-13(17(23)20-11)16(22)19-10-15(21(2)3)12-6-4-5-7-14(12)18/h4-9,15H,10H2,1-3H3,(H,19,22)(H,20,23)/t15-/m1/s1. The van der Waals surface area contributed by atoms with Crippen molar-refractivity contribution in [1.29, 1.82) is 0 Å². The van der Waals surface area contributed by atoms with Crippen LogP contribution in [0, 0.1) is 6.92 Å². The molecule has 0 aliphatic carbocycles. The number of H-pyrrole nitrogens is 1. The van der Waals surface area contributed by atoms with Crippen molar-refractivity contribution in [3.8, 4) is 0 Å². The minimum atomic E-state index is -0.398. The van der Waals surface area contributed by atoms with Crippen LogP contribution < -0.4 is 10.9 Å². The molecule has 0 aliphatic rings. The van der Waals surface area contributed by atoms with E-state index in [0.717, 1.165) is 5.56 Å². The number of nitrogens with one attached hydrogen (secondary N) is 2. The molecule has 1 heterocycles. The highest BCUT2D eigenvalue weighted by molar-refractivity contribution is 6.31. The van der Waals surface area contributed by atoms with Crippen molar-refractivity contribution in [2.45, 2.75) is 13.0 Å². The van der Waals surface area contributed by atoms with Gasteiger partial charge in [-0.15, -0.1) is 0 Å². The molecule has 1 aromatic heterocycles. The third-order valence-corrected chi connectivity index (χ3v) is 3.99. The first-order valence-corrected chi connectivity index (χ1v) is 7.67. The summed E-state index contributed by atoms with van der Waals surface area (Å²) in [6, 6.07) is 10.7. The van der Waals surface area contributed by atoms with E-state index in [2.05, 4.69) is 10.3 Å². The Morgan fingerprint density at radius 2 is 1.96 bits per heavy atom. The van der Waals surface area contributed by atoms with Crippen molar-refractivity contribution in [3.63, 3.8) is 0 Å². The highest BCUT2D eigenvalue weighted by atomic mass is 35.5. The summed E-state index contributed by atoms with van der Waals surface area (Å²) in [7, 11) is 3.83. The van der Waals surface area contributed by atoms with E-state index in [1.165, 1.54) is 6.07 Å². The van der Waals surface area contributed by atoms with Crippen LogP contribution in [0.5, 0.6) is 0 Å². The fourth-order valence-electron chi connectivity index (χ4n) is 2.35. The number of carbonyl (C=O) groups is 1. The lowest BCUT2D eigenvalue weighted by Crippen LogP contribution is -2.36. The highest BCUT2D eigenvalue weighted by Crippen LogP contribution is 2.25. The van der Waals surface area contributed by atoms with Gasteiger partial charge in [0.1, 0.15) is 5.56 Å². The Kier molecular flexibility index (Phi) is 5.58. The number of aromatic amines is 1. The lowest BCUT2D eigenvalue weighted by Gasteiger charge is -2.25. The van der Waals surface area contributed by atoms with Gasteiger partial charge in [-0.05, 0) is 44.8 Å². The Labute approximate surface area is 140 Å². The molecule has 1 atom stereocenters. The van der Waals surface area contributed by atoms with Gasteiger partial charge in [0.25, 0.3) is 11.5 Å². The molecule has 2 rings (SSSR count). The maximum Gasteiger partial charge on any atom is 0.260 e. The second kappa shape index (κ2) is 7.44. The van der Waals surface area contributed by atoms with Crippen LogP contribution in [0.4, 0.5) is 0 Å². The number of halogens is 1. The number of aromatic nitrogens is 1. The van der Waals surface area contributed by atoms with E-state index in [1.807, 2.05) is 43.3 Å². The molecule has 0 bridgehead atoms. The lowest BCUT2D eigenvalue weighted by atomic mass is 10.1. The zero-order valence-corrected chi connectivity index (χ0v) is 14.1. The summed E-state index contributed by atoms with van der Waals surface area (Å²) in [6.07, 6.45) is 0. The third kappa shape index (κ3) is 4.21. The number of pyridine rings is 1. The molecule has 23 heavy (non-hydrogen) atoms. The molecule has 1 aromatic carbocycles. The first-order chi connectivity index (χ1) is 10.9. The molecule has 0 radical (unpaired) electrons. The molecule has 122 valence electrons. The molecule has 6 heteroatoms. The average Bonchev–Trinajstić information content (AvgIpc) is 2.48. The topological polar surface area (TPSA) is 65.2 Å². The summed E-state index contributed by atoms with van der Waals surface area (Å²) < 4.78 is 0. The van der Waals surface area contributed by atoms with Gasteiger partial charge < -0.3 is 15.2 Å². The molecule has 5 nitrogen and oxygen atoms in total. The Morgan fingerprint density at radius 1 is 1.26 bits per heavy atom. The van der Waals surface area contributed by atoms with Crippen LogP contribution in [0.2, 0.25) is 5.02 Å². The van der Waals surface area contributed by atoms with E-state index in [9.17, 15) is 9.59 Å². The normalized spacial score (nSPS) is 12.2. The van der Waals surface area contributed by atoms with Gasteiger partial charge in [-0.2, -0.15) is 0 Å². The Balaban J connectivity index is 2.15. The summed E-state index contributed by atoms with van der Waals surface area (Å²) in [5.41, 5.74) is 1.36. The SMILES string of the molecule is Cc1ccc(C(=O)NC[C@H](c2ccccc2Cl)N(C)C)c(=O)[nH]1. The number of likely N-dealkylation sites (N-methyl/N-ethyl adjacent to an activating group) is 1. The average molecular weight is 334 g/mol. The van der Waals surface area contributed by atoms with Crippen LogP contribution in [-0.4, -0.2) is 36.4 Å². The van der Waals surface area contributed by atoms with Crippen LogP contribution in [0.25, 0.3) is 0 Å². The number of carbonyl (C=O) groups excluding carboxylic acids is 1. The summed E-state index contributed by atoms with van der Waals surface area (Å²) in [6.45, 7) is 2.12. The van der Waals surface area contributed by atoms with E-state index < -0.39 is 5.91 Å². The Morgan fingerprint density at radius 3 is 2.57 bits per heavy atom. The zero-order valence-electron chi connectivity index (χ0n) is 13.4. The molecule has 2 N–H and O–H groups in total.